The van der Waals surface area contributed by atoms with Crippen LogP contribution in [0.5, 0.6) is 0 Å². The maximum Gasteiger partial charge on any atom is 0.267 e. The predicted molar refractivity (Wildman–Crippen MR) is 77.2 cm³/mol. The van der Waals surface area contributed by atoms with Crippen LogP contribution in [0.25, 0.3) is 0 Å². The molecule has 0 aromatic carbocycles. The van der Waals surface area contributed by atoms with Crippen molar-refractivity contribution in [1.82, 2.24) is 9.78 Å². The van der Waals surface area contributed by atoms with Crippen molar-refractivity contribution in [3.05, 3.63) is 28.2 Å². The van der Waals surface area contributed by atoms with Crippen molar-refractivity contribution >= 4 is 12.6 Å². The summed E-state index contributed by atoms with van der Waals surface area (Å²) < 4.78 is 1.62. The van der Waals surface area contributed by atoms with Crippen LogP contribution in [0, 0.1) is 12.3 Å². The zero-order chi connectivity index (χ0) is 13.0. The Morgan fingerprint density at radius 3 is 2.56 bits per heavy atom. The lowest BCUT2D eigenvalue weighted by atomic mass is 9.82. The van der Waals surface area contributed by atoms with E-state index in [1.165, 1.54) is 38.5 Å². The van der Waals surface area contributed by atoms with Crippen LogP contribution < -0.4 is 5.56 Å². The van der Waals surface area contributed by atoms with E-state index in [4.69, 9.17) is 0 Å². The zero-order valence-corrected chi connectivity index (χ0v) is 12.0. The van der Waals surface area contributed by atoms with E-state index >= 15 is 0 Å². The molecule has 18 heavy (non-hydrogen) atoms. The molecule has 1 heterocycles. The molecular weight excluding hydrogens is 244 g/mol. The summed E-state index contributed by atoms with van der Waals surface area (Å²) in [4.78, 5) is 11.9. The van der Waals surface area contributed by atoms with Crippen LogP contribution in [-0.2, 0) is 6.54 Å². The van der Waals surface area contributed by atoms with Gasteiger partial charge < -0.3 is 0 Å². The van der Waals surface area contributed by atoms with E-state index in [2.05, 4.69) is 17.7 Å². The molecule has 0 saturated heterocycles. The fourth-order valence-electron chi connectivity index (χ4n) is 2.81. The average molecular weight is 266 g/mol. The van der Waals surface area contributed by atoms with E-state index in [1.54, 1.807) is 16.9 Å². The molecule has 1 aliphatic carbocycles. The Morgan fingerprint density at radius 2 is 2.00 bits per heavy atom. The monoisotopic (exact) mass is 266 g/mol. The van der Waals surface area contributed by atoms with Gasteiger partial charge in [0.25, 0.3) is 5.56 Å². The quantitative estimate of drug-likeness (QED) is 0.674. The van der Waals surface area contributed by atoms with Crippen molar-refractivity contribution < 1.29 is 0 Å². The maximum absolute atomic E-state index is 11.9. The van der Waals surface area contributed by atoms with E-state index in [9.17, 15) is 4.79 Å². The molecule has 2 rings (SSSR count). The van der Waals surface area contributed by atoms with Gasteiger partial charge in [-0.1, -0.05) is 25.7 Å². The van der Waals surface area contributed by atoms with Gasteiger partial charge in [0.1, 0.15) is 0 Å². The predicted octanol–water partition coefficient (Wildman–Crippen LogP) is 2.82. The number of aryl methyl sites for hydroxylation is 1. The molecule has 1 aliphatic rings. The first-order valence-corrected chi connectivity index (χ1v) is 7.43. The minimum Gasteiger partial charge on any atom is -0.268 e. The molecule has 3 nitrogen and oxygen atoms in total. The highest BCUT2D eigenvalue weighted by molar-refractivity contribution is 7.80. The summed E-state index contributed by atoms with van der Waals surface area (Å²) in [6.07, 6.45) is 9.22. The van der Waals surface area contributed by atoms with Gasteiger partial charge in [-0.2, -0.15) is 17.7 Å². The van der Waals surface area contributed by atoms with Crippen molar-refractivity contribution in [2.75, 3.05) is 5.75 Å². The topological polar surface area (TPSA) is 34.9 Å². The third-order valence-corrected chi connectivity index (χ3v) is 4.66. The van der Waals surface area contributed by atoms with Gasteiger partial charge in [0.05, 0.1) is 12.7 Å². The number of hydrogen-bond acceptors (Lipinski definition) is 3. The lowest BCUT2D eigenvalue weighted by molar-refractivity contribution is 0.225. The van der Waals surface area contributed by atoms with E-state index < -0.39 is 0 Å². The Kier molecular flexibility index (Phi) is 4.49. The van der Waals surface area contributed by atoms with Gasteiger partial charge in [-0.15, -0.1) is 0 Å². The lowest BCUT2D eigenvalue weighted by Gasteiger charge is -2.31. The Balaban J connectivity index is 2.20. The highest BCUT2D eigenvalue weighted by Crippen LogP contribution is 2.37. The summed E-state index contributed by atoms with van der Waals surface area (Å²) in [5.74, 6) is 0.842. The molecule has 0 spiro atoms. The molecule has 0 radical (unpaired) electrons. The van der Waals surface area contributed by atoms with E-state index in [-0.39, 0.29) is 11.0 Å². The molecule has 100 valence electrons. The molecule has 0 unspecified atom stereocenters. The van der Waals surface area contributed by atoms with Crippen LogP contribution in [0.15, 0.2) is 17.1 Å². The summed E-state index contributed by atoms with van der Waals surface area (Å²) in [6, 6.07) is 1.66. The Labute approximate surface area is 114 Å². The first-order valence-electron chi connectivity index (χ1n) is 6.80. The number of hydrogen-bond donors (Lipinski definition) is 1. The summed E-state index contributed by atoms with van der Waals surface area (Å²) in [5, 5.41) is 4.27. The first-order chi connectivity index (χ1) is 8.65. The molecule has 1 fully saturated rings. The van der Waals surface area contributed by atoms with Crippen LogP contribution in [0.2, 0.25) is 0 Å². The normalized spacial score (nSPS) is 19.4. The molecule has 4 heteroatoms. The minimum atomic E-state index is 0.0143. The van der Waals surface area contributed by atoms with Crippen molar-refractivity contribution in [2.24, 2.45) is 5.41 Å². The van der Waals surface area contributed by atoms with Gasteiger partial charge in [0.2, 0.25) is 0 Å². The van der Waals surface area contributed by atoms with Crippen molar-refractivity contribution in [3.8, 4) is 0 Å². The van der Waals surface area contributed by atoms with Gasteiger partial charge in [0, 0.05) is 6.07 Å². The number of rotatable bonds is 3. The van der Waals surface area contributed by atoms with Crippen LogP contribution in [0.4, 0.5) is 0 Å². The second kappa shape index (κ2) is 5.91. The number of aromatic nitrogens is 2. The summed E-state index contributed by atoms with van der Waals surface area (Å²) in [7, 11) is 0. The molecular formula is C14H22N2OS. The molecule has 0 N–H and O–H groups in total. The summed E-state index contributed by atoms with van der Waals surface area (Å²) in [5.41, 5.74) is 1.10. The number of thiol groups is 1. The van der Waals surface area contributed by atoms with Gasteiger partial charge in [0.15, 0.2) is 0 Å². The van der Waals surface area contributed by atoms with Gasteiger partial charge in [-0.25, -0.2) is 4.68 Å². The van der Waals surface area contributed by atoms with Crippen molar-refractivity contribution in [3.63, 3.8) is 0 Å². The largest absolute Gasteiger partial charge is 0.268 e. The fourth-order valence-corrected chi connectivity index (χ4v) is 3.22. The van der Waals surface area contributed by atoms with E-state index in [0.717, 1.165) is 17.9 Å². The van der Waals surface area contributed by atoms with Crippen LogP contribution >= 0.6 is 12.6 Å². The summed E-state index contributed by atoms with van der Waals surface area (Å²) >= 11 is 4.54. The SMILES string of the molecule is Cc1cnn(CC2(CS)CCCCCC2)c(=O)c1. The maximum atomic E-state index is 11.9. The Morgan fingerprint density at radius 1 is 1.33 bits per heavy atom. The molecule has 0 amide bonds. The highest BCUT2D eigenvalue weighted by Gasteiger charge is 2.30. The smallest absolute Gasteiger partial charge is 0.267 e. The second-order valence-electron chi connectivity index (χ2n) is 5.60. The molecule has 0 atom stereocenters. The number of nitrogens with zero attached hydrogens (tertiary/aromatic N) is 2. The standard InChI is InChI=1S/C14H22N2OS/c1-12-8-13(17)16(15-9-12)10-14(11-18)6-4-2-3-5-7-14/h8-9,18H,2-7,10-11H2,1H3. The summed E-state index contributed by atoms with van der Waals surface area (Å²) in [6.45, 7) is 2.62. The molecule has 0 bridgehead atoms. The zero-order valence-electron chi connectivity index (χ0n) is 11.1. The average Bonchev–Trinajstić information content (AvgIpc) is 2.59. The Hall–Kier alpha value is -0.770. The molecule has 1 aromatic heterocycles. The van der Waals surface area contributed by atoms with E-state index in [0.29, 0.717) is 0 Å². The lowest BCUT2D eigenvalue weighted by Crippen LogP contribution is -2.35. The van der Waals surface area contributed by atoms with Gasteiger partial charge in [-0.05, 0) is 36.5 Å². The Bertz CT molecular complexity index is 447. The van der Waals surface area contributed by atoms with E-state index in [1.807, 2.05) is 6.92 Å². The van der Waals surface area contributed by atoms with Crippen LogP contribution in [0.3, 0.4) is 0 Å². The molecule has 1 saturated carbocycles. The second-order valence-corrected chi connectivity index (χ2v) is 5.92. The van der Waals surface area contributed by atoms with Crippen molar-refractivity contribution in [1.29, 1.82) is 0 Å². The fraction of sp³-hybridized carbons (Fsp3) is 0.714. The van der Waals surface area contributed by atoms with Crippen molar-refractivity contribution in [2.45, 2.75) is 52.0 Å². The van der Waals surface area contributed by atoms with Gasteiger partial charge in [-0.3, -0.25) is 4.79 Å². The third-order valence-electron chi connectivity index (χ3n) is 3.99. The minimum absolute atomic E-state index is 0.0143. The van der Waals surface area contributed by atoms with Crippen LogP contribution in [-0.4, -0.2) is 15.5 Å². The van der Waals surface area contributed by atoms with Crippen LogP contribution in [0.1, 0.15) is 44.1 Å². The molecule has 0 aliphatic heterocycles. The van der Waals surface area contributed by atoms with Gasteiger partial charge >= 0.3 is 0 Å². The first kappa shape index (κ1) is 13.7. The molecule has 1 aromatic rings. The third kappa shape index (κ3) is 3.16. The highest BCUT2D eigenvalue weighted by atomic mass is 32.1.